The van der Waals surface area contributed by atoms with Crippen molar-refractivity contribution in [3.05, 3.63) is 22.4 Å². The molecule has 1 aromatic heterocycles. The maximum atomic E-state index is 9.86. The molecule has 0 bridgehead atoms. The normalized spacial score (nSPS) is 20.0. The number of aliphatic hydroxyl groups is 1. The lowest BCUT2D eigenvalue weighted by Crippen LogP contribution is -2.33. The Balaban J connectivity index is 1.87. The minimum absolute atomic E-state index is 0.152. The Morgan fingerprint density at radius 3 is 2.75 bits per heavy atom. The Bertz CT molecular complexity index is 306. The van der Waals surface area contributed by atoms with E-state index in [0.717, 1.165) is 6.54 Å². The van der Waals surface area contributed by atoms with Crippen LogP contribution in [-0.4, -0.2) is 17.8 Å². The summed E-state index contributed by atoms with van der Waals surface area (Å²) in [5.41, 5.74) is 0. The summed E-state index contributed by atoms with van der Waals surface area (Å²) in [6.07, 6.45) is 2.25. The van der Waals surface area contributed by atoms with E-state index in [1.807, 2.05) is 0 Å². The highest BCUT2D eigenvalue weighted by Gasteiger charge is 2.30. The van der Waals surface area contributed by atoms with E-state index in [4.69, 9.17) is 0 Å². The molecule has 2 rings (SSSR count). The number of hydrogen-bond acceptors (Lipinski definition) is 3. The second kappa shape index (κ2) is 5.30. The van der Waals surface area contributed by atoms with Crippen LogP contribution in [0.3, 0.4) is 0 Å². The van der Waals surface area contributed by atoms with Crippen molar-refractivity contribution in [2.24, 2.45) is 11.8 Å². The molecule has 2 unspecified atom stereocenters. The molecular weight excluding hydrogens is 218 g/mol. The fourth-order valence-electron chi connectivity index (χ4n) is 2.03. The molecule has 90 valence electrons. The van der Waals surface area contributed by atoms with E-state index in [2.05, 4.69) is 36.7 Å². The Morgan fingerprint density at radius 1 is 1.50 bits per heavy atom. The van der Waals surface area contributed by atoms with E-state index in [1.54, 1.807) is 11.3 Å². The second-order valence-corrected chi connectivity index (χ2v) is 6.03. The van der Waals surface area contributed by atoms with Crippen molar-refractivity contribution in [1.82, 2.24) is 5.32 Å². The van der Waals surface area contributed by atoms with Crippen LogP contribution in [0.4, 0.5) is 0 Å². The van der Waals surface area contributed by atoms with Crippen molar-refractivity contribution >= 4 is 11.3 Å². The highest BCUT2D eigenvalue weighted by Crippen LogP contribution is 2.33. The standard InChI is InChI=1S/C13H21NOS/c1-9(2)13(12-4-3-7-16-12)14-8-11(15)10-5-6-10/h3-4,7,9-11,13-15H,5-6,8H2,1-2H3. The van der Waals surface area contributed by atoms with E-state index in [-0.39, 0.29) is 6.10 Å². The van der Waals surface area contributed by atoms with Crippen LogP contribution in [0.25, 0.3) is 0 Å². The lowest BCUT2D eigenvalue weighted by Gasteiger charge is -2.23. The van der Waals surface area contributed by atoms with Crippen molar-refractivity contribution in [2.75, 3.05) is 6.54 Å². The molecule has 3 heteroatoms. The zero-order valence-electron chi connectivity index (χ0n) is 10.0. The average molecular weight is 239 g/mol. The number of thiophene rings is 1. The molecule has 1 aliphatic carbocycles. The Hall–Kier alpha value is -0.380. The lowest BCUT2D eigenvalue weighted by molar-refractivity contribution is 0.141. The van der Waals surface area contributed by atoms with Gasteiger partial charge in [-0.05, 0) is 36.1 Å². The Morgan fingerprint density at radius 2 is 2.25 bits per heavy atom. The summed E-state index contributed by atoms with van der Waals surface area (Å²) in [5.74, 6) is 1.12. The van der Waals surface area contributed by atoms with Gasteiger partial charge in [-0.3, -0.25) is 0 Å². The third-order valence-corrected chi connectivity index (χ3v) is 4.18. The van der Waals surface area contributed by atoms with E-state index in [1.165, 1.54) is 17.7 Å². The summed E-state index contributed by atoms with van der Waals surface area (Å²) < 4.78 is 0. The van der Waals surface area contributed by atoms with Crippen LogP contribution in [0.15, 0.2) is 17.5 Å². The number of aliphatic hydroxyl groups excluding tert-OH is 1. The topological polar surface area (TPSA) is 32.3 Å². The van der Waals surface area contributed by atoms with Crippen molar-refractivity contribution < 1.29 is 5.11 Å². The van der Waals surface area contributed by atoms with Gasteiger partial charge in [-0.25, -0.2) is 0 Å². The van der Waals surface area contributed by atoms with Gasteiger partial charge in [-0.2, -0.15) is 0 Å². The minimum atomic E-state index is -0.152. The van der Waals surface area contributed by atoms with E-state index in [9.17, 15) is 5.11 Å². The number of hydrogen-bond donors (Lipinski definition) is 2. The molecule has 2 N–H and O–H groups in total. The maximum absolute atomic E-state index is 9.86. The molecule has 2 atom stereocenters. The molecule has 16 heavy (non-hydrogen) atoms. The van der Waals surface area contributed by atoms with Gasteiger partial charge < -0.3 is 10.4 Å². The summed E-state index contributed by atoms with van der Waals surface area (Å²) in [6, 6.07) is 4.65. The summed E-state index contributed by atoms with van der Waals surface area (Å²) in [6.45, 7) is 5.17. The van der Waals surface area contributed by atoms with Gasteiger partial charge >= 0.3 is 0 Å². The predicted molar refractivity (Wildman–Crippen MR) is 68.6 cm³/mol. The number of nitrogens with one attached hydrogen (secondary N) is 1. The molecule has 2 nitrogen and oxygen atoms in total. The van der Waals surface area contributed by atoms with Crippen LogP contribution in [0.1, 0.15) is 37.6 Å². The molecule has 0 spiro atoms. The van der Waals surface area contributed by atoms with E-state index >= 15 is 0 Å². The zero-order valence-corrected chi connectivity index (χ0v) is 10.8. The average Bonchev–Trinajstić information content (AvgIpc) is 2.96. The molecule has 1 fully saturated rings. The summed E-state index contributed by atoms with van der Waals surface area (Å²) in [5, 5.41) is 15.5. The Labute approximate surface area is 102 Å². The lowest BCUT2D eigenvalue weighted by atomic mass is 10.0. The molecule has 1 aliphatic rings. The molecule has 0 aliphatic heterocycles. The fraction of sp³-hybridized carbons (Fsp3) is 0.692. The minimum Gasteiger partial charge on any atom is -0.392 e. The molecule has 0 aromatic carbocycles. The maximum Gasteiger partial charge on any atom is 0.0692 e. The quantitative estimate of drug-likeness (QED) is 0.800. The zero-order chi connectivity index (χ0) is 11.5. The van der Waals surface area contributed by atoms with Crippen molar-refractivity contribution in [2.45, 2.75) is 38.8 Å². The van der Waals surface area contributed by atoms with Crippen LogP contribution >= 0.6 is 11.3 Å². The summed E-state index contributed by atoms with van der Waals surface area (Å²) in [7, 11) is 0. The van der Waals surface area contributed by atoms with Crippen LogP contribution in [0, 0.1) is 11.8 Å². The van der Waals surface area contributed by atoms with Crippen LogP contribution < -0.4 is 5.32 Å². The molecule has 0 radical (unpaired) electrons. The van der Waals surface area contributed by atoms with Crippen LogP contribution in [-0.2, 0) is 0 Å². The van der Waals surface area contributed by atoms with Crippen LogP contribution in [0.5, 0.6) is 0 Å². The molecule has 0 amide bonds. The highest BCUT2D eigenvalue weighted by molar-refractivity contribution is 7.10. The smallest absolute Gasteiger partial charge is 0.0692 e. The SMILES string of the molecule is CC(C)C(NCC(O)C1CC1)c1cccs1. The first-order chi connectivity index (χ1) is 7.68. The third-order valence-electron chi connectivity index (χ3n) is 3.23. The first kappa shape index (κ1) is 12.1. The Kier molecular flexibility index (Phi) is 4.00. The van der Waals surface area contributed by atoms with Gasteiger partial charge in [0.2, 0.25) is 0 Å². The first-order valence-electron chi connectivity index (χ1n) is 6.13. The fourth-order valence-corrected chi connectivity index (χ4v) is 3.00. The van der Waals surface area contributed by atoms with Gasteiger partial charge in [0.25, 0.3) is 0 Å². The molecule has 1 saturated carbocycles. The van der Waals surface area contributed by atoms with Crippen molar-refractivity contribution in [3.8, 4) is 0 Å². The molecule has 1 heterocycles. The van der Waals surface area contributed by atoms with Gasteiger partial charge in [0, 0.05) is 17.5 Å². The number of rotatable bonds is 6. The van der Waals surface area contributed by atoms with Gasteiger partial charge in [0.15, 0.2) is 0 Å². The van der Waals surface area contributed by atoms with Gasteiger partial charge in [0.05, 0.1) is 6.10 Å². The van der Waals surface area contributed by atoms with Crippen molar-refractivity contribution in [3.63, 3.8) is 0 Å². The molecular formula is C13H21NOS. The molecule has 0 saturated heterocycles. The monoisotopic (exact) mass is 239 g/mol. The largest absolute Gasteiger partial charge is 0.392 e. The third kappa shape index (κ3) is 3.06. The van der Waals surface area contributed by atoms with Gasteiger partial charge in [-0.15, -0.1) is 11.3 Å². The van der Waals surface area contributed by atoms with Crippen molar-refractivity contribution in [1.29, 1.82) is 0 Å². The van der Waals surface area contributed by atoms with E-state index in [0.29, 0.717) is 17.9 Å². The molecule has 1 aromatic rings. The van der Waals surface area contributed by atoms with E-state index < -0.39 is 0 Å². The van der Waals surface area contributed by atoms with Crippen LogP contribution in [0.2, 0.25) is 0 Å². The summed E-state index contributed by atoms with van der Waals surface area (Å²) >= 11 is 1.79. The van der Waals surface area contributed by atoms with Gasteiger partial charge in [-0.1, -0.05) is 19.9 Å². The first-order valence-corrected chi connectivity index (χ1v) is 7.01. The second-order valence-electron chi connectivity index (χ2n) is 5.05. The highest BCUT2D eigenvalue weighted by atomic mass is 32.1. The summed E-state index contributed by atoms with van der Waals surface area (Å²) in [4.78, 5) is 1.37. The predicted octanol–water partition coefficient (Wildman–Crippen LogP) is 2.81. The van der Waals surface area contributed by atoms with Gasteiger partial charge in [0.1, 0.15) is 0 Å².